The second-order valence-corrected chi connectivity index (χ2v) is 7.57. The zero-order chi connectivity index (χ0) is 12.3. The minimum absolute atomic E-state index is 0.288. The van der Waals surface area contributed by atoms with Gasteiger partial charge < -0.3 is 0 Å². The molecule has 1 aliphatic rings. The number of rotatable bonds is 4. The van der Waals surface area contributed by atoms with Gasteiger partial charge in [0, 0.05) is 18.0 Å². The fourth-order valence-electron chi connectivity index (χ4n) is 2.33. The van der Waals surface area contributed by atoms with Crippen molar-refractivity contribution in [1.82, 2.24) is 4.31 Å². The lowest BCUT2D eigenvalue weighted by atomic mass is 9.97. The molecule has 0 amide bonds. The lowest BCUT2D eigenvalue weighted by Gasteiger charge is -2.30. The van der Waals surface area contributed by atoms with Gasteiger partial charge in [-0.3, -0.25) is 0 Å². The van der Waals surface area contributed by atoms with Crippen molar-refractivity contribution in [3.8, 4) is 0 Å². The Morgan fingerprint density at radius 2 is 2.12 bits per heavy atom. The molecule has 0 radical (unpaired) electrons. The first-order valence-electron chi connectivity index (χ1n) is 6.14. The van der Waals surface area contributed by atoms with Crippen molar-refractivity contribution in [2.75, 3.05) is 18.8 Å². The quantitative estimate of drug-likeness (QED) is 0.846. The van der Waals surface area contributed by atoms with Gasteiger partial charge in [0.15, 0.2) is 0 Å². The first-order chi connectivity index (χ1) is 8.13. The average Bonchev–Trinajstić information content (AvgIpc) is 2.82. The molecule has 0 N–H and O–H groups in total. The largest absolute Gasteiger partial charge is 0.214 e. The summed E-state index contributed by atoms with van der Waals surface area (Å²) < 4.78 is 25.5. The number of hydrogen-bond acceptors (Lipinski definition) is 3. The molecule has 1 fully saturated rings. The molecule has 2 heterocycles. The van der Waals surface area contributed by atoms with Gasteiger partial charge in [0.2, 0.25) is 10.0 Å². The summed E-state index contributed by atoms with van der Waals surface area (Å²) in [6, 6.07) is 4.23. The van der Waals surface area contributed by atoms with E-state index >= 15 is 0 Å². The summed E-state index contributed by atoms with van der Waals surface area (Å²) in [5.41, 5.74) is 0. The smallest absolute Gasteiger partial charge is 0.212 e. The van der Waals surface area contributed by atoms with Crippen LogP contribution in [0.25, 0.3) is 0 Å². The molecule has 3 nitrogen and oxygen atoms in total. The van der Waals surface area contributed by atoms with E-state index in [0.717, 1.165) is 12.8 Å². The van der Waals surface area contributed by atoms with E-state index in [1.807, 2.05) is 6.92 Å². The third-order valence-corrected chi connectivity index (χ3v) is 6.37. The van der Waals surface area contributed by atoms with E-state index in [4.69, 9.17) is 0 Å². The number of thiophene rings is 1. The van der Waals surface area contributed by atoms with Crippen LogP contribution in [0, 0.1) is 0 Å². The second-order valence-electron chi connectivity index (χ2n) is 4.50. The van der Waals surface area contributed by atoms with Crippen LogP contribution >= 0.6 is 11.3 Å². The van der Waals surface area contributed by atoms with Crippen LogP contribution in [0.2, 0.25) is 0 Å². The highest BCUT2D eigenvalue weighted by molar-refractivity contribution is 7.89. The van der Waals surface area contributed by atoms with E-state index < -0.39 is 10.0 Å². The van der Waals surface area contributed by atoms with Gasteiger partial charge in [0.1, 0.15) is 0 Å². The highest BCUT2D eigenvalue weighted by atomic mass is 32.2. The van der Waals surface area contributed by atoms with E-state index in [9.17, 15) is 8.42 Å². The Labute approximate surface area is 108 Å². The molecule has 1 aromatic heterocycles. The minimum atomic E-state index is -2.99. The molecule has 96 valence electrons. The predicted octanol–water partition coefficient (Wildman–Crippen LogP) is 2.67. The van der Waals surface area contributed by atoms with Crippen LogP contribution in [0.3, 0.4) is 0 Å². The fourth-order valence-corrected chi connectivity index (χ4v) is 4.77. The molecular weight excluding hydrogens is 254 g/mol. The lowest BCUT2D eigenvalue weighted by molar-refractivity contribution is 0.321. The van der Waals surface area contributed by atoms with E-state index in [0.29, 0.717) is 25.4 Å². The monoisotopic (exact) mass is 273 g/mol. The van der Waals surface area contributed by atoms with Gasteiger partial charge in [-0.1, -0.05) is 13.0 Å². The van der Waals surface area contributed by atoms with Gasteiger partial charge in [-0.25, -0.2) is 12.7 Å². The van der Waals surface area contributed by atoms with Gasteiger partial charge in [0.05, 0.1) is 5.75 Å². The van der Waals surface area contributed by atoms with Crippen LogP contribution < -0.4 is 0 Å². The Morgan fingerprint density at radius 3 is 2.65 bits per heavy atom. The van der Waals surface area contributed by atoms with E-state index in [-0.39, 0.29) is 5.75 Å². The normalized spacial score (nSPS) is 19.6. The molecule has 0 spiro atoms. The van der Waals surface area contributed by atoms with Crippen molar-refractivity contribution in [2.24, 2.45) is 0 Å². The molecule has 5 heteroatoms. The lowest BCUT2D eigenvalue weighted by Crippen LogP contribution is -2.39. The Kier molecular flexibility index (Phi) is 4.22. The maximum absolute atomic E-state index is 11.9. The highest BCUT2D eigenvalue weighted by Crippen LogP contribution is 2.31. The van der Waals surface area contributed by atoms with Crippen LogP contribution in [0.15, 0.2) is 17.5 Å². The Bertz CT molecular complexity index is 431. The van der Waals surface area contributed by atoms with Crippen molar-refractivity contribution in [3.05, 3.63) is 22.4 Å². The van der Waals surface area contributed by atoms with E-state index in [1.165, 1.54) is 4.88 Å². The van der Waals surface area contributed by atoms with Crippen molar-refractivity contribution in [3.63, 3.8) is 0 Å². The zero-order valence-electron chi connectivity index (χ0n) is 10.1. The highest BCUT2D eigenvalue weighted by Gasteiger charge is 2.28. The molecule has 1 aliphatic heterocycles. The Balaban J connectivity index is 1.94. The minimum Gasteiger partial charge on any atom is -0.212 e. The molecule has 0 aromatic carbocycles. The molecule has 17 heavy (non-hydrogen) atoms. The molecule has 0 atom stereocenters. The van der Waals surface area contributed by atoms with Crippen molar-refractivity contribution < 1.29 is 8.42 Å². The van der Waals surface area contributed by atoms with Gasteiger partial charge in [-0.15, -0.1) is 11.3 Å². The number of piperidine rings is 1. The van der Waals surface area contributed by atoms with Crippen molar-refractivity contribution >= 4 is 21.4 Å². The summed E-state index contributed by atoms with van der Waals surface area (Å²) in [5, 5.41) is 2.09. The summed E-state index contributed by atoms with van der Waals surface area (Å²) in [7, 11) is -2.99. The van der Waals surface area contributed by atoms with Crippen molar-refractivity contribution in [1.29, 1.82) is 0 Å². The first kappa shape index (κ1) is 13.1. The zero-order valence-corrected chi connectivity index (χ0v) is 11.8. The maximum atomic E-state index is 11.9. The molecule has 1 aromatic rings. The van der Waals surface area contributed by atoms with Crippen molar-refractivity contribution in [2.45, 2.75) is 32.1 Å². The number of sulfonamides is 1. The van der Waals surface area contributed by atoms with Crippen LogP contribution in [0.5, 0.6) is 0 Å². The SMILES string of the molecule is CCCS(=O)(=O)N1CCC(c2cccs2)CC1. The van der Waals surface area contributed by atoms with Gasteiger partial charge in [0.25, 0.3) is 0 Å². The molecule has 2 rings (SSSR count). The molecule has 0 bridgehead atoms. The summed E-state index contributed by atoms with van der Waals surface area (Å²) >= 11 is 1.78. The third kappa shape index (κ3) is 3.09. The fraction of sp³-hybridized carbons (Fsp3) is 0.667. The summed E-state index contributed by atoms with van der Waals surface area (Å²) in [5.74, 6) is 0.847. The van der Waals surface area contributed by atoms with Gasteiger partial charge in [-0.2, -0.15) is 0 Å². The molecule has 0 aliphatic carbocycles. The topological polar surface area (TPSA) is 37.4 Å². The van der Waals surface area contributed by atoms with Gasteiger partial charge in [-0.05, 0) is 36.6 Å². The summed E-state index contributed by atoms with van der Waals surface area (Å²) in [6.07, 6.45) is 2.63. The number of nitrogens with zero attached hydrogens (tertiary/aromatic N) is 1. The van der Waals surface area contributed by atoms with Gasteiger partial charge >= 0.3 is 0 Å². The molecule has 0 unspecified atom stereocenters. The molecule has 1 saturated heterocycles. The maximum Gasteiger partial charge on any atom is 0.214 e. The van der Waals surface area contributed by atoms with Crippen LogP contribution in [0.1, 0.15) is 37.0 Å². The summed E-state index contributed by atoms with van der Waals surface area (Å²) in [6.45, 7) is 3.28. The van der Waals surface area contributed by atoms with Crippen LogP contribution in [0.4, 0.5) is 0 Å². The standard InChI is InChI=1S/C12H19NO2S2/c1-2-10-17(14,15)13-7-5-11(6-8-13)12-4-3-9-16-12/h3-4,9,11H,2,5-8,10H2,1H3. The average molecular weight is 273 g/mol. The second kappa shape index (κ2) is 5.50. The number of hydrogen-bond donors (Lipinski definition) is 0. The summed E-state index contributed by atoms with van der Waals surface area (Å²) in [4.78, 5) is 1.40. The van der Waals surface area contributed by atoms with E-state index in [1.54, 1.807) is 15.6 Å². The Hall–Kier alpha value is -0.390. The molecule has 0 saturated carbocycles. The van der Waals surface area contributed by atoms with Crippen LogP contribution in [-0.4, -0.2) is 31.6 Å². The Morgan fingerprint density at radius 1 is 1.41 bits per heavy atom. The first-order valence-corrected chi connectivity index (χ1v) is 8.63. The predicted molar refractivity (Wildman–Crippen MR) is 71.9 cm³/mol. The van der Waals surface area contributed by atoms with E-state index in [2.05, 4.69) is 17.5 Å². The molecular formula is C12H19NO2S2. The third-order valence-electron chi connectivity index (χ3n) is 3.25. The van der Waals surface area contributed by atoms with Crippen LogP contribution in [-0.2, 0) is 10.0 Å².